The third-order valence-electron chi connectivity index (χ3n) is 5.27. The van der Waals surface area contributed by atoms with Gasteiger partial charge in [-0.25, -0.2) is 0 Å². The van der Waals surface area contributed by atoms with Gasteiger partial charge in [0.05, 0.1) is 26.4 Å². The summed E-state index contributed by atoms with van der Waals surface area (Å²) in [5, 5.41) is 0. The summed E-state index contributed by atoms with van der Waals surface area (Å²) in [7, 11) is 0. The van der Waals surface area contributed by atoms with E-state index in [0.717, 1.165) is 39.3 Å². The predicted molar refractivity (Wildman–Crippen MR) is 64.0 cm³/mol. The first kappa shape index (κ1) is 11.6. The Morgan fingerprint density at radius 2 is 1.00 bits per heavy atom. The third-order valence-corrected chi connectivity index (χ3v) is 5.27. The lowest BCUT2D eigenvalue weighted by Gasteiger charge is -2.53. The zero-order valence-corrected chi connectivity index (χ0v) is 10.9. The van der Waals surface area contributed by atoms with Crippen LogP contribution in [0.15, 0.2) is 0 Å². The monoisotopic (exact) mass is 254 g/mol. The molecule has 0 amide bonds. The van der Waals surface area contributed by atoms with Crippen molar-refractivity contribution in [2.24, 2.45) is 11.8 Å². The molecule has 4 aliphatic rings. The molecule has 4 heteroatoms. The lowest BCUT2D eigenvalue weighted by molar-refractivity contribution is -0.314. The molecule has 0 aromatic heterocycles. The molecule has 4 nitrogen and oxygen atoms in total. The van der Waals surface area contributed by atoms with Crippen LogP contribution in [-0.2, 0) is 18.9 Å². The maximum Gasteiger partial charge on any atom is 0.171 e. The smallest absolute Gasteiger partial charge is 0.171 e. The summed E-state index contributed by atoms with van der Waals surface area (Å²) in [4.78, 5) is 0. The van der Waals surface area contributed by atoms with Crippen LogP contribution in [0, 0.1) is 11.8 Å². The summed E-state index contributed by atoms with van der Waals surface area (Å²) in [6.45, 7) is 2.99. The highest BCUT2D eigenvalue weighted by Crippen LogP contribution is 2.55. The van der Waals surface area contributed by atoms with Gasteiger partial charge in [0.15, 0.2) is 11.6 Å². The lowest BCUT2D eigenvalue weighted by Crippen LogP contribution is -2.58. The van der Waals surface area contributed by atoms with E-state index in [1.54, 1.807) is 0 Å². The molecule has 2 saturated heterocycles. The van der Waals surface area contributed by atoms with Crippen LogP contribution >= 0.6 is 0 Å². The van der Waals surface area contributed by atoms with E-state index < -0.39 is 0 Å². The first-order chi connectivity index (χ1) is 8.85. The molecular formula is C14H22O4. The van der Waals surface area contributed by atoms with Crippen LogP contribution in [0.5, 0.6) is 0 Å². The zero-order chi connectivity index (χ0) is 12.1. The van der Waals surface area contributed by atoms with Crippen molar-refractivity contribution in [2.75, 3.05) is 26.4 Å². The molecule has 2 saturated carbocycles. The molecule has 0 aromatic rings. The van der Waals surface area contributed by atoms with E-state index >= 15 is 0 Å². The fourth-order valence-electron chi connectivity index (χ4n) is 4.56. The van der Waals surface area contributed by atoms with Crippen molar-refractivity contribution in [3.05, 3.63) is 0 Å². The zero-order valence-electron chi connectivity index (χ0n) is 10.9. The van der Waals surface area contributed by atoms with Gasteiger partial charge in [-0.15, -0.1) is 0 Å². The molecule has 2 spiro atoms. The first-order valence-corrected chi connectivity index (χ1v) is 7.41. The Morgan fingerprint density at radius 3 is 1.39 bits per heavy atom. The molecule has 2 aliphatic heterocycles. The summed E-state index contributed by atoms with van der Waals surface area (Å²) >= 11 is 0. The fourth-order valence-corrected chi connectivity index (χ4v) is 4.56. The molecular weight excluding hydrogens is 232 g/mol. The van der Waals surface area contributed by atoms with Gasteiger partial charge in [-0.05, 0) is 12.8 Å². The summed E-state index contributed by atoms with van der Waals surface area (Å²) < 4.78 is 24.1. The van der Waals surface area contributed by atoms with Crippen LogP contribution in [-0.4, -0.2) is 38.0 Å². The molecule has 2 heterocycles. The van der Waals surface area contributed by atoms with Gasteiger partial charge < -0.3 is 18.9 Å². The third kappa shape index (κ3) is 1.52. The minimum Gasteiger partial charge on any atom is -0.347 e. The Balaban J connectivity index is 1.66. The van der Waals surface area contributed by atoms with Gasteiger partial charge in [0.2, 0.25) is 0 Å². The van der Waals surface area contributed by atoms with Gasteiger partial charge in [-0.2, -0.15) is 0 Å². The molecule has 18 heavy (non-hydrogen) atoms. The first-order valence-electron chi connectivity index (χ1n) is 7.41. The van der Waals surface area contributed by atoms with Crippen molar-refractivity contribution < 1.29 is 18.9 Å². The van der Waals surface area contributed by atoms with Gasteiger partial charge in [-0.3, -0.25) is 0 Å². The minimum absolute atomic E-state index is 0.314. The van der Waals surface area contributed by atoms with Crippen molar-refractivity contribution in [1.29, 1.82) is 0 Å². The Labute approximate surface area is 108 Å². The van der Waals surface area contributed by atoms with E-state index in [9.17, 15) is 0 Å². The second-order valence-corrected chi connectivity index (χ2v) is 6.01. The Kier molecular flexibility index (Phi) is 2.70. The SMILES string of the molecule is C1CCC2C(C1)C1(CCC23OCCO3)OCCO1. The van der Waals surface area contributed by atoms with Crippen LogP contribution < -0.4 is 0 Å². The molecule has 2 atom stereocenters. The number of fused-ring (bicyclic) bond motifs is 3. The number of rotatable bonds is 0. The maximum absolute atomic E-state index is 6.02. The van der Waals surface area contributed by atoms with Crippen LogP contribution in [0.2, 0.25) is 0 Å². The Bertz CT molecular complexity index is 286. The standard InChI is InChI=1S/C14H22O4/c1-2-4-12-11(3-1)13(15-7-8-16-13)5-6-14(12)17-9-10-18-14/h11-12H,1-10H2. The van der Waals surface area contributed by atoms with Crippen molar-refractivity contribution in [2.45, 2.75) is 50.1 Å². The number of hydrogen-bond donors (Lipinski definition) is 0. The van der Waals surface area contributed by atoms with Gasteiger partial charge in [0.25, 0.3) is 0 Å². The topological polar surface area (TPSA) is 36.9 Å². The summed E-state index contributed by atoms with van der Waals surface area (Å²) in [5.41, 5.74) is 0. The van der Waals surface area contributed by atoms with E-state index in [4.69, 9.17) is 18.9 Å². The number of hydrogen-bond acceptors (Lipinski definition) is 4. The van der Waals surface area contributed by atoms with Gasteiger partial charge in [0.1, 0.15) is 0 Å². The highest BCUT2D eigenvalue weighted by atomic mass is 16.8. The molecule has 102 valence electrons. The molecule has 4 fully saturated rings. The van der Waals surface area contributed by atoms with Crippen molar-refractivity contribution in [3.8, 4) is 0 Å². The van der Waals surface area contributed by atoms with Crippen LogP contribution in [0.25, 0.3) is 0 Å². The van der Waals surface area contributed by atoms with Gasteiger partial charge in [0, 0.05) is 24.7 Å². The average molecular weight is 254 g/mol. The summed E-state index contributed by atoms with van der Waals surface area (Å²) in [5.74, 6) is 0.290. The molecule has 0 bridgehead atoms. The average Bonchev–Trinajstić information content (AvgIpc) is 3.06. The van der Waals surface area contributed by atoms with E-state index in [1.807, 2.05) is 0 Å². The van der Waals surface area contributed by atoms with Crippen molar-refractivity contribution in [3.63, 3.8) is 0 Å². The largest absolute Gasteiger partial charge is 0.347 e. The Hall–Kier alpha value is -0.160. The molecule has 2 aliphatic carbocycles. The molecule has 0 aromatic carbocycles. The van der Waals surface area contributed by atoms with E-state index in [2.05, 4.69) is 0 Å². The fraction of sp³-hybridized carbons (Fsp3) is 1.00. The Morgan fingerprint density at radius 1 is 0.611 bits per heavy atom. The highest BCUT2D eigenvalue weighted by molar-refractivity contribution is 5.02. The highest BCUT2D eigenvalue weighted by Gasteiger charge is 2.61. The lowest BCUT2D eigenvalue weighted by atomic mass is 9.64. The van der Waals surface area contributed by atoms with Crippen LogP contribution in [0.1, 0.15) is 38.5 Å². The second-order valence-electron chi connectivity index (χ2n) is 6.01. The minimum atomic E-state index is -0.314. The second kappa shape index (κ2) is 4.17. The van der Waals surface area contributed by atoms with Gasteiger partial charge in [-0.1, -0.05) is 12.8 Å². The van der Waals surface area contributed by atoms with Crippen LogP contribution in [0.3, 0.4) is 0 Å². The molecule has 0 radical (unpaired) electrons. The van der Waals surface area contributed by atoms with E-state index in [1.165, 1.54) is 25.7 Å². The van der Waals surface area contributed by atoms with E-state index in [0.29, 0.717) is 11.8 Å². The quantitative estimate of drug-likeness (QED) is 0.663. The maximum atomic E-state index is 6.02. The molecule has 0 N–H and O–H groups in total. The summed E-state index contributed by atoms with van der Waals surface area (Å²) in [6.07, 6.45) is 6.80. The van der Waals surface area contributed by atoms with Crippen molar-refractivity contribution >= 4 is 0 Å². The van der Waals surface area contributed by atoms with E-state index in [-0.39, 0.29) is 11.6 Å². The molecule has 2 unspecified atom stereocenters. The number of ether oxygens (including phenoxy) is 4. The molecule has 4 rings (SSSR count). The summed E-state index contributed by atoms with van der Waals surface area (Å²) in [6, 6.07) is 0. The predicted octanol–water partition coefficient (Wildman–Crippen LogP) is 2.07. The van der Waals surface area contributed by atoms with Gasteiger partial charge >= 0.3 is 0 Å². The normalized spacial score (nSPS) is 41.3. The van der Waals surface area contributed by atoms with Crippen molar-refractivity contribution in [1.82, 2.24) is 0 Å². The van der Waals surface area contributed by atoms with Crippen LogP contribution in [0.4, 0.5) is 0 Å².